The van der Waals surface area contributed by atoms with Crippen molar-refractivity contribution in [1.29, 1.82) is 0 Å². The lowest BCUT2D eigenvalue weighted by molar-refractivity contribution is -0.127. The highest BCUT2D eigenvalue weighted by atomic mass is 32.1. The van der Waals surface area contributed by atoms with Gasteiger partial charge in [-0.1, -0.05) is 37.8 Å². The van der Waals surface area contributed by atoms with E-state index >= 15 is 0 Å². The molecule has 2 rings (SSSR count). The molecule has 1 fully saturated rings. The summed E-state index contributed by atoms with van der Waals surface area (Å²) in [5.41, 5.74) is 0. The lowest BCUT2D eigenvalue weighted by Gasteiger charge is -2.20. The Morgan fingerprint density at radius 1 is 1.39 bits per heavy atom. The number of carboxylic acids is 1. The van der Waals surface area contributed by atoms with Gasteiger partial charge in [-0.3, -0.25) is 4.79 Å². The maximum absolute atomic E-state index is 12.1. The minimum absolute atomic E-state index is 0.0305. The van der Waals surface area contributed by atoms with Crippen LogP contribution in [0.2, 0.25) is 0 Å². The largest absolute Gasteiger partial charge is 0.477 e. The van der Waals surface area contributed by atoms with E-state index in [1.54, 1.807) is 17.0 Å². The summed E-state index contributed by atoms with van der Waals surface area (Å²) < 4.78 is 0. The quantitative estimate of drug-likeness (QED) is 0.569. The summed E-state index contributed by atoms with van der Waals surface area (Å²) in [4.78, 5) is 25.7. The molecule has 0 aromatic carbocycles. The van der Waals surface area contributed by atoms with Crippen molar-refractivity contribution >= 4 is 23.2 Å². The Morgan fingerprint density at radius 3 is 2.86 bits per heavy atom. The molecule has 2 N–H and O–H groups in total. The van der Waals surface area contributed by atoms with E-state index in [0.29, 0.717) is 24.1 Å². The molecule has 0 bridgehead atoms. The molecule has 2 heterocycles. The minimum Gasteiger partial charge on any atom is -0.477 e. The molecule has 1 aliphatic rings. The Hall–Kier alpha value is -2.54. The van der Waals surface area contributed by atoms with Crippen LogP contribution in [0.15, 0.2) is 24.3 Å². The van der Waals surface area contributed by atoms with Crippen molar-refractivity contribution in [2.45, 2.75) is 51.7 Å². The second-order valence-electron chi connectivity index (χ2n) is 6.66. The van der Waals surface area contributed by atoms with Gasteiger partial charge in [0, 0.05) is 19.3 Å². The van der Waals surface area contributed by atoms with Crippen molar-refractivity contribution in [2.24, 2.45) is 5.92 Å². The molecule has 28 heavy (non-hydrogen) atoms. The number of amides is 1. The number of carbonyl (C=O) groups is 2. The van der Waals surface area contributed by atoms with Crippen molar-refractivity contribution in [3.63, 3.8) is 0 Å². The molecule has 148 valence electrons. The highest BCUT2D eigenvalue weighted by molar-refractivity contribution is 7.14. The number of hydrogen-bond donors (Lipinski definition) is 2. The molecule has 0 aliphatic carbocycles. The lowest BCUT2D eigenvalue weighted by Crippen LogP contribution is -2.32. The summed E-state index contributed by atoms with van der Waals surface area (Å²) in [6, 6.07) is 3.11. The highest BCUT2D eigenvalue weighted by Crippen LogP contribution is 2.21. The maximum atomic E-state index is 12.1. The highest BCUT2D eigenvalue weighted by Gasteiger charge is 2.28. The van der Waals surface area contributed by atoms with Crippen LogP contribution < -0.4 is 0 Å². The second kappa shape index (κ2) is 10.7. The molecule has 3 atom stereocenters. The van der Waals surface area contributed by atoms with Crippen LogP contribution in [0.1, 0.15) is 54.1 Å². The number of hydrogen-bond acceptors (Lipinski definition) is 4. The van der Waals surface area contributed by atoms with Gasteiger partial charge in [0.05, 0.1) is 23.6 Å². The van der Waals surface area contributed by atoms with E-state index in [0.717, 1.165) is 17.8 Å². The van der Waals surface area contributed by atoms with Crippen molar-refractivity contribution in [1.82, 2.24) is 4.90 Å². The van der Waals surface area contributed by atoms with E-state index in [-0.39, 0.29) is 29.3 Å². The molecule has 0 spiro atoms. The Labute approximate surface area is 170 Å². The SMILES string of the molecule is CCC#CCC(C)[C@@H](O)C=C[C@H]1CCC(=O)N1CC#Cc1ccc(C(=O)O)s1. The Morgan fingerprint density at radius 2 is 2.18 bits per heavy atom. The zero-order valence-corrected chi connectivity index (χ0v) is 17.0. The number of thiophene rings is 1. The van der Waals surface area contributed by atoms with Crippen molar-refractivity contribution < 1.29 is 19.8 Å². The fraction of sp³-hybridized carbons (Fsp3) is 0.455. The zero-order chi connectivity index (χ0) is 20.5. The van der Waals surface area contributed by atoms with Crippen LogP contribution in [0, 0.1) is 29.6 Å². The van der Waals surface area contributed by atoms with Gasteiger partial charge in [0.25, 0.3) is 0 Å². The third-order valence-electron chi connectivity index (χ3n) is 4.49. The molecular weight excluding hydrogens is 374 g/mol. The van der Waals surface area contributed by atoms with E-state index in [1.165, 1.54) is 6.07 Å². The van der Waals surface area contributed by atoms with Crippen LogP contribution in [0.4, 0.5) is 0 Å². The summed E-state index contributed by atoms with van der Waals surface area (Å²) >= 11 is 1.12. The lowest BCUT2D eigenvalue weighted by atomic mass is 10.00. The summed E-state index contributed by atoms with van der Waals surface area (Å²) in [6.07, 6.45) is 5.65. The Kier molecular flexibility index (Phi) is 8.32. The fourth-order valence-corrected chi connectivity index (χ4v) is 3.52. The predicted molar refractivity (Wildman–Crippen MR) is 110 cm³/mol. The summed E-state index contributed by atoms with van der Waals surface area (Å²) in [5.74, 6) is 11.0. The first-order valence-corrected chi connectivity index (χ1v) is 10.2. The van der Waals surface area contributed by atoms with Gasteiger partial charge in [-0.15, -0.1) is 23.2 Å². The average molecular weight is 400 g/mol. The zero-order valence-electron chi connectivity index (χ0n) is 16.1. The van der Waals surface area contributed by atoms with Crippen LogP contribution in [0.25, 0.3) is 0 Å². The number of carboxylic acid groups (broad SMARTS) is 1. The molecule has 1 unspecified atom stereocenters. The van der Waals surface area contributed by atoms with E-state index in [1.807, 2.05) is 19.9 Å². The third kappa shape index (κ3) is 6.27. The number of carbonyl (C=O) groups excluding carboxylic acids is 1. The van der Waals surface area contributed by atoms with Gasteiger partial charge in [-0.25, -0.2) is 4.79 Å². The summed E-state index contributed by atoms with van der Waals surface area (Å²) in [7, 11) is 0. The van der Waals surface area contributed by atoms with Crippen molar-refractivity contribution in [3.05, 3.63) is 34.0 Å². The minimum atomic E-state index is -0.966. The number of aliphatic hydroxyl groups excluding tert-OH is 1. The molecule has 1 aromatic rings. The third-order valence-corrected chi connectivity index (χ3v) is 5.48. The molecule has 1 amide bonds. The predicted octanol–water partition coefficient (Wildman–Crippen LogP) is 3.15. The van der Waals surface area contributed by atoms with E-state index < -0.39 is 12.1 Å². The molecule has 6 heteroatoms. The molecular formula is C22H25NO4S. The smallest absolute Gasteiger partial charge is 0.345 e. The number of likely N-dealkylation sites (tertiary alicyclic amines) is 1. The number of nitrogens with zero attached hydrogens (tertiary/aromatic N) is 1. The Bertz CT molecular complexity index is 849. The van der Waals surface area contributed by atoms with Gasteiger partial charge < -0.3 is 15.1 Å². The normalized spacial score (nSPS) is 18.3. The van der Waals surface area contributed by atoms with Gasteiger partial charge >= 0.3 is 5.97 Å². The summed E-state index contributed by atoms with van der Waals surface area (Å²) in [6.45, 7) is 4.22. The first-order valence-electron chi connectivity index (χ1n) is 9.36. The monoisotopic (exact) mass is 399 g/mol. The number of rotatable bonds is 6. The van der Waals surface area contributed by atoms with Crippen LogP contribution in [0.3, 0.4) is 0 Å². The summed E-state index contributed by atoms with van der Waals surface area (Å²) in [5, 5.41) is 19.2. The standard InChI is InChI=1S/C22H25NO4S/c1-3-4-5-7-16(2)19(24)12-9-17-10-14-21(25)23(17)15-6-8-18-11-13-20(28-18)22(26)27/h9,11-13,16-17,19,24H,3,7,10,14-15H2,1-2H3,(H,26,27)/t16?,17-,19-/m0/s1. The fourth-order valence-electron chi connectivity index (χ4n) is 2.80. The molecule has 1 aliphatic heterocycles. The van der Waals surface area contributed by atoms with E-state index in [9.17, 15) is 14.7 Å². The van der Waals surface area contributed by atoms with Crippen LogP contribution >= 0.6 is 11.3 Å². The van der Waals surface area contributed by atoms with Gasteiger partial charge in [0.2, 0.25) is 5.91 Å². The number of aliphatic hydroxyl groups is 1. The maximum Gasteiger partial charge on any atom is 0.345 e. The first-order chi connectivity index (χ1) is 13.4. The van der Waals surface area contributed by atoms with Gasteiger partial charge in [0.15, 0.2) is 0 Å². The molecule has 1 saturated heterocycles. The van der Waals surface area contributed by atoms with Crippen molar-refractivity contribution in [2.75, 3.05) is 6.54 Å². The van der Waals surface area contributed by atoms with Gasteiger partial charge in [-0.2, -0.15) is 0 Å². The number of aromatic carboxylic acids is 1. The average Bonchev–Trinajstić information content (AvgIpc) is 3.27. The van der Waals surface area contributed by atoms with Gasteiger partial charge in [-0.05, 0) is 24.5 Å². The van der Waals surface area contributed by atoms with Crippen LogP contribution in [-0.2, 0) is 4.79 Å². The second-order valence-corrected chi connectivity index (χ2v) is 7.75. The van der Waals surface area contributed by atoms with Gasteiger partial charge in [0.1, 0.15) is 4.88 Å². The van der Waals surface area contributed by atoms with Crippen LogP contribution in [-0.4, -0.2) is 45.7 Å². The van der Waals surface area contributed by atoms with E-state index in [2.05, 4.69) is 23.7 Å². The topological polar surface area (TPSA) is 77.8 Å². The molecule has 0 saturated carbocycles. The van der Waals surface area contributed by atoms with Crippen LogP contribution in [0.5, 0.6) is 0 Å². The Balaban J connectivity index is 1.95. The molecule has 0 radical (unpaired) electrons. The van der Waals surface area contributed by atoms with Crippen molar-refractivity contribution in [3.8, 4) is 23.7 Å². The molecule has 5 nitrogen and oxygen atoms in total. The first kappa shape index (κ1) is 21.8. The van der Waals surface area contributed by atoms with E-state index in [4.69, 9.17) is 5.11 Å². The molecule has 1 aromatic heterocycles.